The minimum atomic E-state index is -3.94. The second kappa shape index (κ2) is 8.60. The molecule has 0 saturated carbocycles. The number of benzene rings is 1. The highest BCUT2D eigenvalue weighted by Gasteiger charge is 2.40. The molecule has 3 rings (SSSR count). The lowest BCUT2D eigenvalue weighted by Crippen LogP contribution is -2.43. The van der Waals surface area contributed by atoms with Crippen LogP contribution >= 0.6 is 11.8 Å². The van der Waals surface area contributed by atoms with Gasteiger partial charge in [-0.3, -0.25) is 4.79 Å². The first-order valence-corrected chi connectivity index (χ1v) is 11.7. The predicted octanol–water partition coefficient (Wildman–Crippen LogP) is 2.33. The van der Waals surface area contributed by atoms with Gasteiger partial charge >= 0.3 is 5.97 Å². The maximum absolute atomic E-state index is 13.2. The molecule has 8 nitrogen and oxygen atoms in total. The van der Waals surface area contributed by atoms with Crippen molar-refractivity contribution in [3.05, 3.63) is 42.2 Å². The number of thioether (sulfide) groups is 1. The number of carbonyl (C=O) groups excluding carboxylic acids is 2. The number of methoxy groups -OCH3 is 1. The number of anilines is 1. The van der Waals surface area contributed by atoms with E-state index in [1.807, 2.05) is 24.5 Å². The smallest absolute Gasteiger partial charge is 0.354 e. The predicted molar refractivity (Wildman–Crippen MR) is 111 cm³/mol. The number of rotatable bonds is 6. The van der Waals surface area contributed by atoms with Gasteiger partial charge in [0.25, 0.3) is 0 Å². The van der Waals surface area contributed by atoms with Crippen molar-refractivity contribution in [2.24, 2.45) is 7.05 Å². The van der Waals surface area contributed by atoms with Gasteiger partial charge in [-0.1, -0.05) is 6.07 Å². The first-order chi connectivity index (χ1) is 13.8. The molecule has 1 N–H and O–H groups in total. The lowest BCUT2D eigenvalue weighted by Gasteiger charge is -2.23. The first-order valence-electron chi connectivity index (χ1n) is 8.99. The molecule has 0 bridgehead atoms. The van der Waals surface area contributed by atoms with E-state index in [1.54, 1.807) is 24.9 Å². The number of aryl methyl sites for hydroxylation is 1. The Kier molecular flexibility index (Phi) is 6.35. The van der Waals surface area contributed by atoms with E-state index in [9.17, 15) is 18.0 Å². The zero-order chi connectivity index (χ0) is 21.2. The topological polar surface area (TPSA) is 97.7 Å². The van der Waals surface area contributed by atoms with E-state index in [1.165, 1.54) is 28.2 Å². The molecule has 10 heteroatoms. The first kappa shape index (κ1) is 21.4. The van der Waals surface area contributed by atoms with Gasteiger partial charge in [0.2, 0.25) is 15.9 Å². The maximum Gasteiger partial charge on any atom is 0.354 e. The molecule has 0 aliphatic carbocycles. The van der Waals surface area contributed by atoms with Crippen LogP contribution < -0.4 is 5.32 Å². The summed E-state index contributed by atoms with van der Waals surface area (Å²) in [5.41, 5.74) is 0.749. The van der Waals surface area contributed by atoms with Crippen LogP contribution in [0.25, 0.3) is 0 Å². The standard InChI is InChI=1S/C19H23N3O5S2/c1-21-12-15(11-17(21)19(24)27-2)29(25,26)22-9-5-8-16(22)18(23)20-13-6-4-7-14(10-13)28-3/h4,6-7,10-12,16H,5,8-9H2,1-3H3,(H,20,23). The molecule has 1 amide bonds. The summed E-state index contributed by atoms with van der Waals surface area (Å²) < 4.78 is 33.6. The lowest BCUT2D eigenvalue weighted by molar-refractivity contribution is -0.119. The van der Waals surface area contributed by atoms with E-state index in [0.29, 0.717) is 18.5 Å². The van der Waals surface area contributed by atoms with Gasteiger partial charge in [0, 0.05) is 30.4 Å². The van der Waals surface area contributed by atoms with Crippen LogP contribution in [0.5, 0.6) is 0 Å². The van der Waals surface area contributed by atoms with Crippen LogP contribution in [0.2, 0.25) is 0 Å². The molecule has 1 unspecified atom stereocenters. The monoisotopic (exact) mass is 437 g/mol. The molecule has 1 atom stereocenters. The number of amides is 1. The van der Waals surface area contributed by atoms with Crippen LogP contribution in [0.1, 0.15) is 23.3 Å². The van der Waals surface area contributed by atoms with Crippen molar-refractivity contribution in [1.82, 2.24) is 8.87 Å². The number of hydrogen-bond donors (Lipinski definition) is 1. The number of carbonyl (C=O) groups is 2. The van der Waals surface area contributed by atoms with Crippen molar-refractivity contribution >= 4 is 39.3 Å². The average Bonchev–Trinajstić information content (AvgIpc) is 3.35. The highest BCUT2D eigenvalue weighted by atomic mass is 32.2. The molecular formula is C19H23N3O5S2. The van der Waals surface area contributed by atoms with E-state index < -0.39 is 22.0 Å². The zero-order valence-electron chi connectivity index (χ0n) is 16.4. The minimum absolute atomic E-state index is 0.0375. The number of hydrogen-bond acceptors (Lipinski definition) is 6. The largest absolute Gasteiger partial charge is 0.464 e. The van der Waals surface area contributed by atoms with Crippen molar-refractivity contribution in [2.45, 2.75) is 28.7 Å². The van der Waals surface area contributed by atoms with Crippen molar-refractivity contribution < 1.29 is 22.7 Å². The molecule has 1 aromatic heterocycles. The molecule has 1 fully saturated rings. The van der Waals surface area contributed by atoms with Gasteiger partial charge in [-0.2, -0.15) is 4.31 Å². The van der Waals surface area contributed by atoms with Crippen molar-refractivity contribution in [3.8, 4) is 0 Å². The molecule has 0 radical (unpaired) electrons. The lowest BCUT2D eigenvalue weighted by atomic mass is 10.2. The number of esters is 1. The van der Waals surface area contributed by atoms with Crippen LogP contribution in [0.4, 0.5) is 5.69 Å². The molecule has 2 aromatic rings. The van der Waals surface area contributed by atoms with Crippen molar-refractivity contribution in [1.29, 1.82) is 0 Å². The van der Waals surface area contributed by atoms with Crippen LogP contribution in [0.15, 0.2) is 46.3 Å². The number of aromatic nitrogens is 1. The third kappa shape index (κ3) is 4.34. The second-order valence-corrected chi connectivity index (χ2v) is 9.43. The fraction of sp³-hybridized carbons (Fsp3) is 0.368. The van der Waals surface area contributed by atoms with E-state index in [0.717, 1.165) is 4.90 Å². The fourth-order valence-electron chi connectivity index (χ4n) is 3.33. The van der Waals surface area contributed by atoms with Gasteiger partial charge in [-0.05, 0) is 43.4 Å². The Morgan fingerprint density at radius 1 is 1.28 bits per heavy atom. The molecule has 1 saturated heterocycles. The van der Waals surface area contributed by atoms with Crippen LogP contribution in [-0.4, -0.2) is 55.1 Å². The Balaban J connectivity index is 1.83. The number of ether oxygens (including phenoxy) is 1. The number of nitrogens with one attached hydrogen (secondary N) is 1. The number of sulfonamides is 1. The minimum Gasteiger partial charge on any atom is -0.464 e. The Bertz CT molecular complexity index is 1030. The van der Waals surface area contributed by atoms with Gasteiger partial charge in [0.1, 0.15) is 16.6 Å². The summed E-state index contributed by atoms with van der Waals surface area (Å²) in [6.45, 7) is 0.244. The molecule has 156 valence electrons. The van der Waals surface area contributed by atoms with E-state index in [-0.39, 0.29) is 23.0 Å². The molecule has 1 aromatic carbocycles. The Hall–Kier alpha value is -2.30. The zero-order valence-corrected chi connectivity index (χ0v) is 18.0. The Labute approximate surface area is 174 Å². The quantitative estimate of drug-likeness (QED) is 0.550. The maximum atomic E-state index is 13.2. The summed E-state index contributed by atoms with van der Waals surface area (Å²) in [5, 5.41) is 2.82. The molecule has 29 heavy (non-hydrogen) atoms. The van der Waals surface area contributed by atoms with E-state index in [4.69, 9.17) is 0 Å². The second-order valence-electron chi connectivity index (χ2n) is 6.66. The van der Waals surface area contributed by atoms with Gasteiger partial charge in [0.05, 0.1) is 7.11 Å². The summed E-state index contributed by atoms with van der Waals surface area (Å²) >= 11 is 1.55. The summed E-state index contributed by atoms with van der Waals surface area (Å²) in [7, 11) is -1.14. The highest BCUT2D eigenvalue weighted by molar-refractivity contribution is 7.98. The summed E-state index contributed by atoms with van der Waals surface area (Å²) in [6, 6.07) is 7.85. The van der Waals surface area contributed by atoms with Crippen molar-refractivity contribution in [3.63, 3.8) is 0 Å². The summed E-state index contributed by atoms with van der Waals surface area (Å²) in [4.78, 5) is 25.6. The highest BCUT2D eigenvalue weighted by Crippen LogP contribution is 2.28. The van der Waals surface area contributed by atoms with Crippen molar-refractivity contribution in [2.75, 3.05) is 25.2 Å². The van der Waals surface area contributed by atoms with Gasteiger partial charge < -0.3 is 14.6 Å². The molecule has 2 heterocycles. The average molecular weight is 438 g/mol. The molecule has 1 aliphatic heterocycles. The third-order valence-corrected chi connectivity index (χ3v) is 7.42. The third-order valence-electron chi connectivity index (χ3n) is 4.82. The van der Waals surface area contributed by atoms with Gasteiger partial charge in [-0.25, -0.2) is 13.2 Å². The van der Waals surface area contributed by atoms with E-state index >= 15 is 0 Å². The van der Waals surface area contributed by atoms with E-state index in [2.05, 4.69) is 10.1 Å². The molecular weight excluding hydrogens is 414 g/mol. The summed E-state index contributed by atoms with van der Waals surface area (Å²) in [6.07, 6.45) is 4.31. The SMILES string of the molecule is COC(=O)c1cc(S(=O)(=O)N2CCCC2C(=O)Nc2cccc(SC)c2)cn1C. The molecule has 1 aliphatic rings. The van der Waals surface area contributed by atoms with Gasteiger partial charge in [-0.15, -0.1) is 11.8 Å². The van der Waals surface area contributed by atoms with Crippen LogP contribution in [-0.2, 0) is 26.6 Å². The normalized spacial score (nSPS) is 17.3. The summed E-state index contributed by atoms with van der Waals surface area (Å²) in [5.74, 6) is -0.994. The van der Waals surface area contributed by atoms with Crippen LogP contribution in [0, 0.1) is 0 Å². The molecule has 0 spiro atoms. The van der Waals surface area contributed by atoms with Crippen LogP contribution in [0.3, 0.4) is 0 Å². The fourth-order valence-corrected chi connectivity index (χ4v) is 5.52. The Morgan fingerprint density at radius 2 is 2.03 bits per heavy atom. The Morgan fingerprint density at radius 3 is 2.72 bits per heavy atom. The number of nitrogens with zero attached hydrogens (tertiary/aromatic N) is 2. The van der Waals surface area contributed by atoms with Gasteiger partial charge in [0.15, 0.2) is 0 Å².